The molecule has 2 aromatic rings. The van der Waals surface area contributed by atoms with Crippen molar-refractivity contribution in [3.63, 3.8) is 0 Å². The lowest BCUT2D eigenvalue weighted by Crippen LogP contribution is -2.35. The molecule has 0 bridgehead atoms. The highest BCUT2D eigenvalue weighted by Crippen LogP contribution is 2.22. The van der Waals surface area contributed by atoms with Crippen molar-refractivity contribution in [2.24, 2.45) is 5.73 Å². The lowest BCUT2D eigenvalue weighted by molar-refractivity contribution is 0.491. The molecule has 0 aliphatic heterocycles. The maximum absolute atomic E-state index is 7.93. The third-order valence-corrected chi connectivity index (χ3v) is 2.63. The van der Waals surface area contributed by atoms with Gasteiger partial charge in [0.25, 0.3) is 0 Å². The summed E-state index contributed by atoms with van der Waals surface area (Å²) in [4.78, 5) is 0. The molecule has 0 saturated heterocycles. The second kappa shape index (κ2) is 4.50. The Balaban J connectivity index is 2.37. The van der Waals surface area contributed by atoms with Crippen LogP contribution < -0.4 is 5.73 Å². The van der Waals surface area contributed by atoms with E-state index in [1.807, 2.05) is 37.3 Å². The Labute approximate surface area is 99.7 Å². The minimum absolute atomic E-state index is 0.337. The zero-order valence-corrected chi connectivity index (χ0v) is 9.40. The average Bonchev–Trinajstić information content (AvgIpc) is 2.28. The first-order valence-electron chi connectivity index (χ1n) is 6.40. The SMILES string of the molecule is [3H]c1cccc([3H])c1C(C)(N)Cc1ccccc1. The lowest BCUT2D eigenvalue weighted by atomic mass is 9.87. The van der Waals surface area contributed by atoms with Crippen LogP contribution in [0.15, 0.2) is 60.6 Å². The molecule has 2 aromatic carbocycles. The Morgan fingerprint density at radius 2 is 1.62 bits per heavy atom. The maximum atomic E-state index is 7.93. The third-order valence-electron chi connectivity index (χ3n) is 2.63. The summed E-state index contributed by atoms with van der Waals surface area (Å²) in [6, 6.07) is 15.7. The van der Waals surface area contributed by atoms with E-state index in [4.69, 9.17) is 8.48 Å². The number of rotatable bonds is 3. The van der Waals surface area contributed by atoms with Gasteiger partial charge in [-0.15, -0.1) is 0 Å². The zero-order chi connectivity index (χ0) is 13.2. The summed E-state index contributed by atoms with van der Waals surface area (Å²) >= 11 is 0. The lowest BCUT2D eigenvalue weighted by Gasteiger charge is -2.25. The normalized spacial score (nSPS) is 16.1. The number of nitrogens with two attached hydrogens (primary N) is 1. The molecule has 0 amide bonds. The monoisotopic (exact) mass is 215 g/mol. The van der Waals surface area contributed by atoms with Crippen LogP contribution in [0, 0.1) is 0 Å². The van der Waals surface area contributed by atoms with Crippen LogP contribution in [-0.2, 0) is 12.0 Å². The van der Waals surface area contributed by atoms with Crippen LogP contribution >= 0.6 is 0 Å². The quantitative estimate of drug-likeness (QED) is 0.836. The molecule has 0 heterocycles. The van der Waals surface area contributed by atoms with E-state index in [2.05, 4.69) is 0 Å². The van der Waals surface area contributed by atoms with Crippen molar-refractivity contribution in [3.8, 4) is 0 Å². The third kappa shape index (κ3) is 2.50. The van der Waals surface area contributed by atoms with Gasteiger partial charge >= 0.3 is 0 Å². The topological polar surface area (TPSA) is 26.0 Å². The van der Waals surface area contributed by atoms with Crippen LogP contribution in [-0.4, -0.2) is 0 Å². The minimum atomic E-state index is -0.698. The van der Waals surface area contributed by atoms with E-state index in [1.165, 1.54) is 0 Å². The summed E-state index contributed by atoms with van der Waals surface area (Å²) in [5, 5.41) is 0. The van der Waals surface area contributed by atoms with Crippen molar-refractivity contribution in [1.29, 1.82) is 0 Å². The van der Waals surface area contributed by atoms with Gasteiger partial charge < -0.3 is 5.73 Å². The van der Waals surface area contributed by atoms with Gasteiger partial charge in [0.2, 0.25) is 0 Å². The highest BCUT2D eigenvalue weighted by molar-refractivity contribution is 5.27. The van der Waals surface area contributed by atoms with E-state index >= 15 is 0 Å². The molecule has 0 saturated carbocycles. The molecule has 0 aliphatic rings. The van der Waals surface area contributed by atoms with Crippen LogP contribution in [0.5, 0.6) is 0 Å². The van der Waals surface area contributed by atoms with Gasteiger partial charge in [-0.25, -0.2) is 0 Å². The van der Waals surface area contributed by atoms with Crippen molar-refractivity contribution in [1.82, 2.24) is 0 Å². The molecule has 0 aromatic heterocycles. The van der Waals surface area contributed by atoms with Crippen molar-refractivity contribution in [3.05, 3.63) is 71.7 Å². The zero-order valence-electron chi connectivity index (χ0n) is 11.4. The van der Waals surface area contributed by atoms with E-state index in [0.717, 1.165) is 5.56 Å². The van der Waals surface area contributed by atoms with Crippen LogP contribution in [0.4, 0.5) is 0 Å². The maximum Gasteiger partial charge on any atom is 0.0626 e. The summed E-state index contributed by atoms with van der Waals surface area (Å²) in [5.74, 6) is 0. The fraction of sp³-hybridized carbons (Fsp3) is 0.200. The second-order valence-electron chi connectivity index (χ2n) is 4.27. The average molecular weight is 215 g/mol. The van der Waals surface area contributed by atoms with Crippen molar-refractivity contribution >= 4 is 0 Å². The summed E-state index contributed by atoms with van der Waals surface area (Å²) in [5.41, 5.74) is 7.36. The van der Waals surface area contributed by atoms with Crippen molar-refractivity contribution in [2.45, 2.75) is 18.9 Å². The Hall–Kier alpha value is -1.60. The van der Waals surface area contributed by atoms with E-state index in [9.17, 15) is 0 Å². The smallest absolute Gasteiger partial charge is 0.0626 e. The Morgan fingerprint density at radius 3 is 2.25 bits per heavy atom. The fourth-order valence-electron chi connectivity index (χ4n) is 1.79. The predicted molar refractivity (Wildman–Crippen MR) is 68.1 cm³/mol. The first-order valence-corrected chi connectivity index (χ1v) is 5.40. The number of hydrogen-bond acceptors (Lipinski definition) is 1. The largest absolute Gasteiger partial charge is 0.321 e. The van der Waals surface area contributed by atoms with Gasteiger partial charge in [0.15, 0.2) is 0 Å². The molecule has 2 rings (SSSR count). The first-order chi connectivity index (χ1) is 8.50. The molecule has 16 heavy (non-hydrogen) atoms. The van der Waals surface area contributed by atoms with Gasteiger partial charge in [-0.05, 0) is 24.5 Å². The van der Waals surface area contributed by atoms with Crippen LogP contribution in [0.3, 0.4) is 0 Å². The summed E-state index contributed by atoms with van der Waals surface area (Å²) in [6.45, 7) is 1.88. The molecule has 2 N–H and O–H groups in total. The standard InChI is InChI=1S/C15H17N/c1-15(16,14-10-6-3-7-11-14)12-13-8-4-2-5-9-13/h2-11H,12,16H2,1H3/i10T,11T. The van der Waals surface area contributed by atoms with Gasteiger partial charge in [0.1, 0.15) is 0 Å². The first kappa shape index (κ1) is 8.54. The molecule has 0 fully saturated rings. The molecule has 1 nitrogen and oxygen atoms in total. The predicted octanol–water partition coefficient (Wildman–Crippen LogP) is 3.10. The van der Waals surface area contributed by atoms with E-state index in [1.54, 1.807) is 18.2 Å². The summed E-state index contributed by atoms with van der Waals surface area (Å²) in [6.07, 6.45) is 0.621. The molecule has 1 unspecified atom stereocenters. The molecule has 0 aliphatic carbocycles. The van der Waals surface area contributed by atoms with Gasteiger partial charge in [0, 0.05) is 5.54 Å². The molecule has 0 spiro atoms. The molecular weight excluding hydrogens is 194 g/mol. The molecule has 1 atom stereocenters. The Kier molecular flexibility index (Phi) is 2.40. The van der Waals surface area contributed by atoms with Gasteiger partial charge in [-0.2, -0.15) is 0 Å². The minimum Gasteiger partial charge on any atom is -0.321 e. The fourth-order valence-corrected chi connectivity index (χ4v) is 1.79. The van der Waals surface area contributed by atoms with Crippen LogP contribution in [0.1, 0.15) is 20.8 Å². The van der Waals surface area contributed by atoms with Gasteiger partial charge in [-0.3, -0.25) is 0 Å². The second-order valence-corrected chi connectivity index (χ2v) is 4.27. The highest BCUT2D eigenvalue weighted by Gasteiger charge is 2.20. The van der Waals surface area contributed by atoms with E-state index in [0.29, 0.717) is 24.1 Å². The van der Waals surface area contributed by atoms with Crippen molar-refractivity contribution < 1.29 is 2.74 Å². The summed E-state index contributed by atoms with van der Waals surface area (Å²) in [7, 11) is 0. The molecule has 0 radical (unpaired) electrons. The summed E-state index contributed by atoms with van der Waals surface area (Å²) < 4.78 is 15.9. The molecular formula is C15H17N. The van der Waals surface area contributed by atoms with Gasteiger partial charge in [-0.1, -0.05) is 60.6 Å². The van der Waals surface area contributed by atoms with Crippen molar-refractivity contribution in [2.75, 3.05) is 0 Å². The van der Waals surface area contributed by atoms with Crippen LogP contribution in [0.2, 0.25) is 0 Å². The van der Waals surface area contributed by atoms with Gasteiger partial charge in [0.05, 0.1) is 2.74 Å². The highest BCUT2D eigenvalue weighted by atomic mass is 14.7. The Morgan fingerprint density at radius 1 is 1.06 bits per heavy atom. The van der Waals surface area contributed by atoms with E-state index in [-0.39, 0.29) is 0 Å². The van der Waals surface area contributed by atoms with E-state index < -0.39 is 5.54 Å². The van der Waals surface area contributed by atoms with Crippen LogP contribution in [0.25, 0.3) is 0 Å². The molecule has 1 heteroatoms. The Bertz CT molecular complexity index is 515. The molecule has 82 valence electrons. The number of benzene rings is 2. The number of hydrogen-bond donors (Lipinski definition) is 1.